The van der Waals surface area contributed by atoms with Gasteiger partial charge in [0.2, 0.25) is 29.5 Å². The summed E-state index contributed by atoms with van der Waals surface area (Å²) in [7, 11) is 0. The predicted octanol–water partition coefficient (Wildman–Crippen LogP) is -4.90. The summed E-state index contributed by atoms with van der Waals surface area (Å²) in [6, 6.07) is -6.22. The molecule has 0 saturated heterocycles. The molecule has 0 aliphatic rings. The molecular formula is C15H24N6O9. The van der Waals surface area contributed by atoms with Gasteiger partial charge >= 0.3 is 11.9 Å². The van der Waals surface area contributed by atoms with Crippen molar-refractivity contribution in [1.29, 1.82) is 0 Å². The zero-order valence-electron chi connectivity index (χ0n) is 15.9. The number of carbonyl (C=O) groups is 7. The monoisotopic (exact) mass is 432 g/mol. The van der Waals surface area contributed by atoms with E-state index in [2.05, 4.69) is 5.32 Å². The van der Waals surface area contributed by atoms with Gasteiger partial charge in [-0.1, -0.05) is 0 Å². The molecule has 0 rings (SSSR count). The Balaban J connectivity index is 5.41. The number of carboxylic acids is 2. The number of carboxylic acid groups (broad SMARTS) is 2. The molecule has 0 heterocycles. The van der Waals surface area contributed by atoms with Gasteiger partial charge in [0.15, 0.2) is 0 Å². The largest absolute Gasteiger partial charge is 0.481 e. The van der Waals surface area contributed by atoms with Crippen LogP contribution in [0, 0.1) is 0 Å². The van der Waals surface area contributed by atoms with Crippen molar-refractivity contribution in [1.82, 2.24) is 16.0 Å². The third kappa shape index (κ3) is 9.98. The summed E-state index contributed by atoms with van der Waals surface area (Å²) < 4.78 is 0. The maximum Gasteiger partial charge on any atom is 0.325 e. The molecule has 30 heavy (non-hydrogen) atoms. The summed E-state index contributed by atoms with van der Waals surface area (Å²) in [5.74, 6) is -8.18. The predicted molar refractivity (Wildman–Crippen MR) is 97.0 cm³/mol. The van der Waals surface area contributed by atoms with E-state index < -0.39 is 84.9 Å². The van der Waals surface area contributed by atoms with Crippen LogP contribution in [0.2, 0.25) is 0 Å². The molecule has 0 aromatic heterocycles. The number of rotatable bonds is 13. The molecule has 5 amide bonds. The molecule has 0 aliphatic carbocycles. The molecule has 0 aromatic carbocycles. The number of primary amides is 2. The van der Waals surface area contributed by atoms with Gasteiger partial charge in [0.05, 0.1) is 25.3 Å². The molecule has 0 saturated carbocycles. The highest BCUT2D eigenvalue weighted by atomic mass is 16.4. The summed E-state index contributed by atoms with van der Waals surface area (Å²) in [6.07, 6.45) is -2.23. The van der Waals surface area contributed by atoms with Crippen molar-refractivity contribution in [3.05, 3.63) is 0 Å². The molecule has 0 bridgehead atoms. The smallest absolute Gasteiger partial charge is 0.325 e. The van der Waals surface area contributed by atoms with E-state index in [0.717, 1.165) is 6.92 Å². The number of aliphatic carboxylic acids is 2. The Labute approximate surface area is 169 Å². The molecule has 0 fully saturated rings. The average molecular weight is 432 g/mol. The quantitative estimate of drug-likeness (QED) is 0.137. The van der Waals surface area contributed by atoms with Crippen molar-refractivity contribution in [3.63, 3.8) is 0 Å². The van der Waals surface area contributed by atoms with Crippen LogP contribution in [-0.4, -0.2) is 75.9 Å². The molecule has 0 aromatic rings. The summed E-state index contributed by atoms with van der Waals surface area (Å²) in [5.41, 5.74) is 15.4. The van der Waals surface area contributed by atoms with Crippen molar-refractivity contribution in [2.24, 2.45) is 17.2 Å². The molecular weight excluding hydrogens is 408 g/mol. The Morgan fingerprint density at radius 2 is 1.17 bits per heavy atom. The first-order valence-electron chi connectivity index (χ1n) is 8.42. The fourth-order valence-corrected chi connectivity index (χ4v) is 2.03. The zero-order valence-corrected chi connectivity index (χ0v) is 15.9. The first-order valence-corrected chi connectivity index (χ1v) is 8.42. The molecule has 4 atom stereocenters. The summed E-state index contributed by atoms with van der Waals surface area (Å²) in [4.78, 5) is 80.4. The standard InChI is InChI=1S/C15H24N6O9/c1-5(15(29)30)19-13(27)8(4-11(24)25)21-14(28)7(3-10(18)23)20-12(26)6(16)2-9(17)22/h5-8H,2-4,16H2,1H3,(H2,17,22)(H2,18,23)(H,19,27)(H,20,26)(H,21,28)(H,24,25)(H,29,30). The van der Waals surface area contributed by atoms with E-state index in [9.17, 15) is 33.6 Å². The van der Waals surface area contributed by atoms with Gasteiger partial charge in [-0.3, -0.25) is 33.6 Å². The second kappa shape index (κ2) is 11.9. The van der Waals surface area contributed by atoms with Crippen LogP contribution in [0.25, 0.3) is 0 Å². The number of hydrogen-bond acceptors (Lipinski definition) is 8. The molecule has 168 valence electrons. The van der Waals surface area contributed by atoms with E-state index in [1.54, 1.807) is 0 Å². The third-order valence-electron chi connectivity index (χ3n) is 3.54. The number of amides is 5. The summed E-state index contributed by atoms with van der Waals surface area (Å²) in [5, 5.41) is 23.8. The normalized spacial score (nSPS) is 14.3. The number of nitrogens with two attached hydrogens (primary N) is 3. The van der Waals surface area contributed by atoms with Crippen LogP contribution in [0.3, 0.4) is 0 Å². The minimum Gasteiger partial charge on any atom is -0.481 e. The van der Waals surface area contributed by atoms with Crippen LogP contribution in [0.15, 0.2) is 0 Å². The molecule has 15 nitrogen and oxygen atoms in total. The maximum atomic E-state index is 12.4. The van der Waals surface area contributed by atoms with Crippen molar-refractivity contribution in [2.45, 2.75) is 50.4 Å². The SMILES string of the molecule is CC(NC(=O)C(CC(=O)O)NC(=O)C(CC(N)=O)NC(=O)C(N)CC(N)=O)C(=O)O. The summed E-state index contributed by atoms with van der Waals surface area (Å²) in [6.45, 7) is 1.11. The van der Waals surface area contributed by atoms with Crippen LogP contribution in [0.5, 0.6) is 0 Å². The van der Waals surface area contributed by atoms with Gasteiger partial charge < -0.3 is 43.4 Å². The highest BCUT2D eigenvalue weighted by Gasteiger charge is 2.31. The van der Waals surface area contributed by atoms with Crippen LogP contribution in [0.4, 0.5) is 0 Å². The second-order valence-electron chi connectivity index (χ2n) is 6.24. The zero-order chi connectivity index (χ0) is 23.6. The fraction of sp³-hybridized carbons (Fsp3) is 0.533. The molecule has 0 radical (unpaired) electrons. The minimum absolute atomic E-state index is 0.562. The lowest BCUT2D eigenvalue weighted by molar-refractivity contribution is -0.143. The average Bonchev–Trinajstić information content (AvgIpc) is 2.58. The lowest BCUT2D eigenvalue weighted by Gasteiger charge is -2.23. The van der Waals surface area contributed by atoms with Crippen molar-refractivity contribution in [3.8, 4) is 0 Å². The topological polar surface area (TPSA) is 274 Å². The lowest BCUT2D eigenvalue weighted by Crippen LogP contribution is -2.58. The molecule has 0 spiro atoms. The third-order valence-corrected chi connectivity index (χ3v) is 3.54. The van der Waals surface area contributed by atoms with E-state index in [-0.39, 0.29) is 0 Å². The maximum absolute atomic E-state index is 12.4. The fourth-order valence-electron chi connectivity index (χ4n) is 2.03. The van der Waals surface area contributed by atoms with Crippen LogP contribution in [-0.2, 0) is 33.6 Å². The first-order chi connectivity index (χ1) is 13.7. The van der Waals surface area contributed by atoms with E-state index in [1.165, 1.54) is 0 Å². The van der Waals surface area contributed by atoms with Gasteiger partial charge in [-0.2, -0.15) is 0 Å². The van der Waals surface area contributed by atoms with Gasteiger partial charge in [0, 0.05) is 0 Å². The van der Waals surface area contributed by atoms with Crippen molar-refractivity contribution in [2.75, 3.05) is 0 Å². The Morgan fingerprint density at radius 3 is 1.60 bits per heavy atom. The van der Waals surface area contributed by atoms with Gasteiger partial charge in [-0.15, -0.1) is 0 Å². The highest BCUT2D eigenvalue weighted by Crippen LogP contribution is 2.00. The Hall–Kier alpha value is -3.75. The van der Waals surface area contributed by atoms with E-state index >= 15 is 0 Å². The van der Waals surface area contributed by atoms with E-state index in [0.29, 0.717) is 0 Å². The van der Waals surface area contributed by atoms with E-state index in [4.69, 9.17) is 27.4 Å². The Bertz CT molecular complexity index is 725. The first kappa shape index (κ1) is 26.2. The van der Waals surface area contributed by atoms with Gasteiger partial charge in [0.1, 0.15) is 18.1 Å². The molecule has 15 heteroatoms. The van der Waals surface area contributed by atoms with Crippen LogP contribution < -0.4 is 33.2 Å². The van der Waals surface area contributed by atoms with Crippen LogP contribution >= 0.6 is 0 Å². The van der Waals surface area contributed by atoms with E-state index in [1.807, 2.05) is 10.6 Å². The van der Waals surface area contributed by atoms with Gasteiger partial charge in [0.25, 0.3) is 0 Å². The molecule has 0 aliphatic heterocycles. The summed E-state index contributed by atoms with van der Waals surface area (Å²) >= 11 is 0. The number of hydrogen-bond donors (Lipinski definition) is 8. The Morgan fingerprint density at radius 1 is 0.733 bits per heavy atom. The van der Waals surface area contributed by atoms with Crippen molar-refractivity contribution >= 4 is 41.5 Å². The highest BCUT2D eigenvalue weighted by molar-refractivity contribution is 5.97. The molecule has 11 N–H and O–H groups in total. The Kier molecular flexibility index (Phi) is 10.5. The molecule has 4 unspecified atom stereocenters. The van der Waals surface area contributed by atoms with Crippen LogP contribution in [0.1, 0.15) is 26.2 Å². The number of nitrogens with one attached hydrogen (secondary N) is 3. The van der Waals surface area contributed by atoms with Gasteiger partial charge in [-0.25, -0.2) is 0 Å². The van der Waals surface area contributed by atoms with Gasteiger partial charge in [-0.05, 0) is 6.92 Å². The lowest BCUT2D eigenvalue weighted by atomic mass is 10.1. The minimum atomic E-state index is -1.73. The number of carbonyl (C=O) groups excluding carboxylic acids is 5. The van der Waals surface area contributed by atoms with Crippen molar-refractivity contribution < 1.29 is 43.8 Å². The second-order valence-corrected chi connectivity index (χ2v) is 6.24.